The number of ether oxygens (including phenoxy) is 1. The first-order valence-corrected chi connectivity index (χ1v) is 5.86. The Morgan fingerprint density at radius 3 is 2.88 bits per heavy atom. The molecule has 1 N–H and O–H groups in total. The molecule has 0 amide bonds. The lowest BCUT2D eigenvalue weighted by molar-refractivity contribution is 0.198. The number of halogens is 1. The van der Waals surface area contributed by atoms with Crippen LogP contribution in [0, 0.1) is 18.3 Å². The highest BCUT2D eigenvalue weighted by atomic mass is 79.9. The van der Waals surface area contributed by atoms with E-state index in [0.717, 1.165) is 15.6 Å². The lowest BCUT2D eigenvalue weighted by Crippen LogP contribution is -2.23. The smallest absolute Gasteiger partial charge is 0.121 e. The number of nitriles is 1. The molecule has 3 nitrogen and oxygen atoms in total. The second-order valence-electron chi connectivity index (χ2n) is 3.52. The maximum absolute atomic E-state index is 9.07. The molecule has 0 saturated heterocycles. The van der Waals surface area contributed by atoms with Gasteiger partial charge in [-0.1, -0.05) is 28.1 Å². The standard InChI is InChI=1S/C12H15BrN2O/c1-9-3-4-10(7-11(9)13)12(8-14)15-5-6-16-2/h3-4,7,12,15H,5-6H2,1-2H3. The van der Waals surface area contributed by atoms with Crippen molar-refractivity contribution in [3.05, 3.63) is 33.8 Å². The molecule has 0 bridgehead atoms. The Labute approximate surface area is 105 Å². The Balaban J connectivity index is 2.72. The Hall–Kier alpha value is -0.890. The van der Waals surface area contributed by atoms with E-state index < -0.39 is 0 Å². The van der Waals surface area contributed by atoms with Gasteiger partial charge in [0.2, 0.25) is 0 Å². The van der Waals surface area contributed by atoms with Crippen molar-refractivity contribution in [3.8, 4) is 6.07 Å². The average Bonchev–Trinajstić information content (AvgIpc) is 2.29. The Morgan fingerprint density at radius 1 is 1.56 bits per heavy atom. The molecule has 0 fully saturated rings. The molecule has 0 radical (unpaired) electrons. The molecule has 1 atom stereocenters. The summed E-state index contributed by atoms with van der Waals surface area (Å²) in [7, 11) is 1.64. The first kappa shape index (κ1) is 13.2. The topological polar surface area (TPSA) is 45.0 Å². The number of hydrogen-bond acceptors (Lipinski definition) is 3. The van der Waals surface area contributed by atoms with Crippen molar-refractivity contribution in [2.24, 2.45) is 0 Å². The molecule has 0 aliphatic carbocycles. The zero-order chi connectivity index (χ0) is 12.0. The van der Waals surface area contributed by atoms with Gasteiger partial charge in [0.25, 0.3) is 0 Å². The summed E-state index contributed by atoms with van der Waals surface area (Å²) < 4.78 is 5.96. The summed E-state index contributed by atoms with van der Waals surface area (Å²) in [5, 5.41) is 12.2. The molecule has 1 rings (SSSR count). The van der Waals surface area contributed by atoms with Crippen LogP contribution in [0.3, 0.4) is 0 Å². The van der Waals surface area contributed by atoms with E-state index >= 15 is 0 Å². The van der Waals surface area contributed by atoms with E-state index in [2.05, 4.69) is 27.3 Å². The van der Waals surface area contributed by atoms with Gasteiger partial charge in [0.05, 0.1) is 12.7 Å². The zero-order valence-electron chi connectivity index (χ0n) is 9.46. The van der Waals surface area contributed by atoms with Crippen molar-refractivity contribution in [2.45, 2.75) is 13.0 Å². The Kier molecular flexibility index (Phi) is 5.47. The number of rotatable bonds is 5. The lowest BCUT2D eigenvalue weighted by Gasteiger charge is -2.12. The van der Waals surface area contributed by atoms with Crippen molar-refractivity contribution < 1.29 is 4.74 Å². The van der Waals surface area contributed by atoms with Crippen LogP contribution in [-0.4, -0.2) is 20.3 Å². The number of methoxy groups -OCH3 is 1. The molecule has 0 aliphatic rings. The summed E-state index contributed by atoms with van der Waals surface area (Å²) >= 11 is 3.46. The SMILES string of the molecule is COCCNC(C#N)c1ccc(C)c(Br)c1. The highest BCUT2D eigenvalue weighted by molar-refractivity contribution is 9.10. The minimum absolute atomic E-state index is 0.285. The van der Waals surface area contributed by atoms with E-state index in [1.807, 2.05) is 25.1 Å². The monoisotopic (exact) mass is 282 g/mol. The summed E-state index contributed by atoms with van der Waals surface area (Å²) in [4.78, 5) is 0. The van der Waals surface area contributed by atoms with E-state index in [0.29, 0.717) is 13.2 Å². The molecule has 16 heavy (non-hydrogen) atoms. The summed E-state index contributed by atoms with van der Waals surface area (Å²) in [6, 6.07) is 7.89. The zero-order valence-corrected chi connectivity index (χ0v) is 11.0. The van der Waals surface area contributed by atoms with E-state index in [1.165, 1.54) is 0 Å². The van der Waals surface area contributed by atoms with Gasteiger partial charge in [-0.15, -0.1) is 0 Å². The van der Waals surface area contributed by atoms with E-state index in [9.17, 15) is 0 Å². The minimum atomic E-state index is -0.285. The largest absolute Gasteiger partial charge is 0.383 e. The Morgan fingerprint density at radius 2 is 2.31 bits per heavy atom. The Bertz CT molecular complexity index is 387. The minimum Gasteiger partial charge on any atom is -0.383 e. The molecule has 0 saturated carbocycles. The van der Waals surface area contributed by atoms with Crippen molar-refractivity contribution in [3.63, 3.8) is 0 Å². The van der Waals surface area contributed by atoms with E-state index in [-0.39, 0.29) is 6.04 Å². The van der Waals surface area contributed by atoms with Gasteiger partial charge in [-0.3, -0.25) is 5.32 Å². The maximum Gasteiger partial charge on any atom is 0.121 e. The molecule has 4 heteroatoms. The second-order valence-corrected chi connectivity index (χ2v) is 4.37. The summed E-state index contributed by atoms with van der Waals surface area (Å²) in [6.07, 6.45) is 0. The third-order valence-corrected chi connectivity index (χ3v) is 3.17. The number of nitrogens with one attached hydrogen (secondary N) is 1. The average molecular weight is 283 g/mol. The third kappa shape index (κ3) is 3.60. The number of hydrogen-bond donors (Lipinski definition) is 1. The van der Waals surface area contributed by atoms with Crippen LogP contribution in [0.2, 0.25) is 0 Å². The molecule has 1 aromatic rings. The predicted molar refractivity (Wildman–Crippen MR) is 67.1 cm³/mol. The van der Waals surface area contributed by atoms with Crippen LogP contribution in [0.25, 0.3) is 0 Å². The molecule has 0 spiro atoms. The molecular weight excluding hydrogens is 268 g/mol. The van der Waals surface area contributed by atoms with Gasteiger partial charge in [-0.05, 0) is 24.1 Å². The van der Waals surface area contributed by atoms with Gasteiger partial charge < -0.3 is 4.74 Å². The van der Waals surface area contributed by atoms with Crippen LogP contribution in [0.1, 0.15) is 17.2 Å². The fraction of sp³-hybridized carbons (Fsp3) is 0.417. The number of nitrogens with zero attached hydrogens (tertiary/aromatic N) is 1. The van der Waals surface area contributed by atoms with Gasteiger partial charge in [-0.2, -0.15) is 5.26 Å². The van der Waals surface area contributed by atoms with E-state index in [1.54, 1.807) is 7.11 Å². The summed E-state index contributed by atoms with van der Waals surface area (Å²) in [6.45, 7) is 3.29. The second kappa shape index (κ2) is 6.64. The quantitative estimate of drug-likeness (QED) is 0.845. The summed E-state index contributed by atoms with van der Waals surface area (Å²) in [5.41, 5.74) is 2.13. The highest BCUT2D eigenvalue weighted by Crippen LogP contribution is 2.21. The van der Waals surface area contributed by atoms with Crippen molar-refractivity contribution in [1.29, 1.82) is 5.26 Å². The van der Waals surface area contributed by atoms with Gasteiger partial charge in [0.15, 0.2) is 0 Å². The van der Waals surface area contributed by atoms with Crippen LogP contribution in [0.4, 0.5) is 0 Å². The van der Waals surface area contributed by atoms with Gasteiger partial charge in [0.1, 0.15) is 6.04 Å². The number of benzene rings is 1. The lowest BCUT2D eigenvalue weighted by atomic mass is 10.1. The molecular formula is C12H15BrN2O. The maximum atomic E-state index is 9.07. The molecule has 0 aromatic heterocycles. The van der Waals surface area contributed by atoms with Crippen LogP contribution >= 0.6 is 15.9 Å². The first-order valence-electron chi connectivity index (χ1n) is 5.07. The summed E-state index contributed by atoms with van der Waals surface area (Å²) in [5.74, 6) is 0. The van der Waals surface area contributed by atoms with Crippen LogP contribution in [-0.2, 0) is 4.74 Å². The fourth-order valence-corrected chi connectivity index (χ4v) is 1.73. The van der Waals surface area contributed by atoms with Gasteiger partial charge >= 0.3 is 0 Å². The normalized spacial score (nSPS) is 12.1. The van der Waals surface area contributed by atoms with Gasteiger partial charge in [0, 0.05) is 18.1 Å². The molecule has 0 aliphatic heterocycles. The molecule has 1 unspecified atom stereocenters. The molecule has 1 aromatic carbocycles. The number of aryl methyl sites for hydroxylation is 1. The van der Waals surface area contributed by atoms with Crippen LogP contribution in [0.15, 0.2) is 22.7 Å². The van der Waals surface area contributed by atoms with Crippen molar-refractivity contribution in [2.75, 3.05) is 20.3 Å². The third-order valence-electron chi connectivity index (χ3n) is 2.31. The van der Waals surface area contributed by atoms with Crippen LogP contribution in [0.5, 0.6) is 0 Å². The first-order chi connectivity index (χ1) is 7.69. The van der Waals surface area contributed by atoms with Crippen LogP contribution < -0.4 is 5.32 Å². The fourth-order valence-electron chi connectivity index (χ4n) is 1.33. The predicted octanol–water partition coefficient (Wildman–Crippen LogP) is 2.56. The van der Waals surface area contributed by atoms with Crippen molar-refractivity contribution >= 4 is 15.9 Å². The highest BCUT2D eigenvalue weighted by Gasteiger charge is 2.10. The molecule has 0 heterocycles. The molecule has 86 valence electrons. The van der Waals surface area contributed by atoms with Crippen molar-refractivity contribution in [1.82, 2.24) is 5.32 Å². The van der Waals surface area contributed by atoms with E-state index in [4.69, 9.17) is 10.00 Å². The van der Waals surface area contributed by atoms with Gasteiger partial charge in [-0.25, -0.2) is 0 Å².